The molecule has 0 atom stereocenters. The number of ether oxygens (including phenoxy) is 1. The van der Waals surface area contributed by atoms with Crippen LogP contribution in [0.25, 0.3) is 0 Å². The second kappa shape index (κ2) is 8.11. The van der Waals surface area contributed by atoms with Crippen LogP contribution >= 0.6 is 0 Å². The minimum Gasteiger partial charge on any atom is -0.443 e. The number of pyridine rings is 1. The molecule has 3 N–H and O–H groups in total. The van der Waals surface area contributed by atoms with Crippen molar-refractivity contribution in [3.05, 3.63) is 24.5 Å². The number of nitrogens with one attached hydrogen (secondary N) is 2. The SMILES string of the molecule is CC(C)(C)O.CC(C)(C)OC(=O)NS(=O)(=O)Nc1cccnc1. The highest BCUT2D eigenvalue weighted by atomic mass is 32.2. The van der Waals surface area contributed by atoms with Gasteiger partial charge in [0.1, 0.15) is 5.60 Å². The van der Waals surface area contributed by atoms with E-state index in [2.05, 4.69) is 9.71 Å². The standard InChI is InChI=1S/C10H15N3O4S.C4H10O/c1-10(2,3)17-9(14)13-18(15,16)12-8-5-4-6-11-7-8;1-4(2,3)5/h4-7,12H,1-3H3,(H,13,14);5H,1-3H3. The van der Waals surface area contributed by atoms with Gasteiger partial charge in [-0.25, -0.2) is 9.52 Å². The summed E-state index contributed by atoms with van der Waals surface area (Å²) in [4.78, 5) is 15.0. The zero-order valence-corrected chi connectivity index (χ0v) is 15.1. The Hall–Kier alpha value is -1.87. The van der Waals surface area contributed by atoms with Crippen LogP contribution in [0, 0.1) is 0 Å². The average Bonchev–Trinajstić information content (AvgIpc) is 2.22. The van der Waals surface area contributed by atoms with Gasteiger partial charge in [-0.1, -0.05) is 0 Å². The van der Waals surface area contributed by atoms with Gasteiger partial charge in [0.2, 0.25) is 0 Å². The van der Waals surface area contributed by atoms with Gasteiger partial charge >= 0.3 is 16.3 Å². The molecule has 1 rings (SSSR count). The summed E-state index contributed by atoms with van der Waals surface area (Å²) in [6.45, 7) is 10.1. The Morgan fingerprint density at radius 1 is 1.22 bits per heavy atom. The van der Waals surface area contributed by atoms with E-state index in [1.807, 2.05) is 0 Å². The third-order valence-corrected chi connectivity index (χ3v) is 2.47. The first-order valence-corrected chi connectivity index (χ1v) is 8.32. The average molecular weight is 347 g/mol. The van der Waals surface area contributed by atoms with E-state index in [1.165, 1.54) is 18.5 Å². The van der Waals surface area contributed by atoms with Crippen LogP contribution in [0.1, 0.15) is 41.5 Å². The van der Waals surface area contributed by atoms with Gasteiger partial charge in [0.15, 0.2) is 0 Å². The Morgan fingerprint density at radius 2 is 1.74 bits per heavy atom. The fourth-order valence-electron chi connectivity index (χ4n) is 1.01. The van der Waals surface area contributed by atoms with E-state index in [-0.39, 0.29) is 5.69 Å². The molecule has 0 aliphatic carbocycles. The van der Waals surface area contributed by atoms with Crippen molar-refractivity contribution < 1.29 is 23.1 Å². The van der Waals surface area contributed by atoms with Crippen molar-refractivity contribution in [3.63, 3.8) is 0 Å². The monoisotopic (exact) mass is 347 g/mol. The van der Waals surface area contributed by atoms with Gasteiger partial charge in [0.25, 0.3) is 0 Å². The number of nitrogens with zero attached hydrogens (tertiary/aromatic N) is 1. The van der Waals surface area contributed by atoms with E-state index in [1.54, 1.807) is 52.3 Å². The van der Waals surface area contributed by atoms with Gasteiger partial charge < -0.3 is 9.84 Å². The number of aliphatic hydroxyl groups is 1. The first kappa shape index (κ1) is 21.1. The Balaban J connectivity index is 0.000000841. The summed E-state index contributed by atoms with van der Waals surface area (Å²) < 4.78 is 31.8. The highest BCUT2D eigenvalue weighted by molar-refractivity contribution is 7.91. The molecule has 0 radical (unpaired) electrons. The summed E-state index contributed by atoms with van der Waals surface area (Å²) in [6.07, 6.45) is 1.77. The molecule has 0 aromatic carbocycles. The summed E-state index contributed by atoms with van der Waals surface area (Å²) in [7, 11) is -4.02. The molecular formula is C14H25N3O5S. The summed E-state index contributed by atoms with van der Waals surface area (Å²) in [5.74, 6) is 0. The summed E-state index contributed by atoms with van der Waals surface area (Å²) >= 11 is 0. The van der Waals surface area contributed by atoms with E-state index in [9.17, 15) is 13.2 Å². The predicted molar refractivity (Wildman–Crippen MR) is 88.1 cm³/mol. The van der Waals surface area contributed by atoms with Crippen LogP contribution in [0.3, 0.4) is 0 Å². The quantitative estimate of drug-likeness (QED) is 0.770. The minimum absolute atomic E-state index is 0.244. The first-order valence-electron chi connectivity index (χ1n) is 6.84. The number of hydrogen-bond acceptors (Lipinski definition) is 6. The van der Waals surface area contributed by atoms with Gasteiger partial charge in [-0.2, -0.15) is 8.42 Å². The van der Waals surface area contributed by atoms with Gasteiger partial charge in [0, 0.05) is 6.20 Å². The topological polar surface area (TPSA) is 118 Å². The smallest absolute Gasteiger partial charge is 0.422 e. The summed E-state index contributed by atoms with van der Waals surface area (Å²) in [5.41, 5.74) is -1.03. The highest BCUT2D eigenvalue weighted by Gasteiger charge is 2.21. The molecule has 1 heterocycles. The van der Waals surface area contributed by atoms with Crippen molar-refractivity contribution in [3.8, 4) is 0 Å². The molecule has 132 valence electrons. The van der Waals surface area contributed by atoms with Crippen LogP contribution in [0.4, 0.5) is 10.5 Å². The van der Waals surface area contributed by atoms with Crippen molar-refractivity contribution in [2.24, 2.45) is 0 Å². The maximum absolute atomic E-state index is 11.5. The zero-order valence-electron chi connectivity index (χ0n) is 14.2. The van der Waals surface area contributed by atoms with Crippen molar-refractivity contribution in [2.75, 3.05) is 4.72 Å². The van der Waals surface area contributed by atoms with E-state index in [0.29, 0.717) is 0 Å². The van der Waals surface area contributed by atoms with Gasteiger partial charge in [-0.05, 0) is 53.7 Å². The van der Waals surface area contributed by atoms with Crippen molar-refractivity contribution >= 4 is 22.0 Å². The molecule has 0 saturated carbocycles. The fourth-order valence-corrected chi connectivity index (χ4v) is 1.76. The van der Waals surface area contributed by atoms with Crippen LogP contribution in [-0.4, -0.2) is 35.8 Å². The molecule has 9 heteroatoms. The second-order valence-electron chi connectivity index (χ2n) is 6.62. The molecule has 1 aromatic rings. The Morgan fingerprint density at radius 3 is 2.13 bits per heavy atom. The lowest BCUT2D eigenvalue weighted by atomic mass is 10.2. The van der Waals surface area contributed by atoms with Crippen LogP contribution in [0.2, 0.25) is 0 Å². The zero-order chi connectivity index (χ0) is 18.3. The molecule has 0 aliphatic heterocycles. The Bertz CT molecular complexity index is 583. The number of rotatable bonds is 3. The minimum atomic E-state index is -4.02. The predicted octanol–water partition coefficient (Wildman–Crippen LogP) is 2.04. The van der Waals surface area contributed by atoms with Crippen LogP contribution in [0.15, 0.2) is 24.5 Å². The van der Waals surface area contributed by atoms with E-state index in [4.69, 9.17) is 9.84 Å². The Labute approximate surface area is 137 Å². The molecule has 1 amide bonds. The van der Waals surface area contributed by atoms with E-state index >= 15 is 0 Å². The largest absolute Gasteiger partial charge is 0.443 e. The third-order valence-electron chi connectivity index (χ3n) is 1.53. The molecule has 0 bridgehead atoms. The molecular weight excluding hydrogens is 322 g/mol. The lowest BCUT2D eigenvalue weighted by molar-refractivity contribution is 0.0570. The molecule has 0 unspecified atom stereocenters. The number of aromatic nitrogens is 1. The number of anilines is 1. The highest BCUT2D eigenvalue weighted by Crippen LogP contribution is 2.08. The fraction of sp³-hybridized carbons (Fsp3) is 0.571. The second-order valence-corrected chi connectivity index (χ2v) is 8.04. The third kappa shape index (κ3) is 14.8. The number of carbonyl (C=O) groups excluding carboxylic acids is 1. The summed E-state index contributed by atoms with van der Waals surface area (Å²) in [5, 5.41) is 8.52. The molecule has 0 spiro atoms. The van der Waals surface area contributed by atoms with Gasteiger partial charge in [0.05, 0.1) is 17.5 Å². The van der Waals surface area contributed by atoms with Crippen LogP contribution in [-0.2, 0) is 14.9 Å². The maximum Gasteiger partial charge on any atom is 0.422 e. The lowest BCUT2D eigenvalue weighted by Gasteiger charge is -2.19. The number of amides is 1. The molecule has 23 heavy (non-hydrogen) atoms. The van der Waals surface area contributed by atoms with Crippen molar-refractivity contribution in [1.29, 1.82) is 0 Å². The van der Waals surface area contributed by atoms with E-state index < -0.39 is 27.5 Å². The van der Waals surface area contributed by atoms with Crippen LogP contribution < -0.4 is 9.44 Å². The van der Waals surface area contributed by atoms with Gasteiger partial charge in [-0.3, -0.25) is 9.71 Å². The molecule has 0 aliphatic rings. The molecule has 1 aromatic heterocycles. The summed E-state index contributed by atoms with van der Waals surface area (Å²) in [6, 6.07) is 3.06. The number of carbonyl (C=O) groups is 1. The van der Waals surface area contributed by atoms with Gasteiger partial charge in [-0.15, -0.1) is 0 Å². The van der Waals surface area contributed by atoms with Crippen LogP contribution in [0.5, 0.6) is 0 Å². The number of hydrogen-bond donors (Lipinski definition) is 3. The molecule has 0 fully saturated rings. The van der Waals surface area contributed by atoms with E-state index in [0.717, 1.165) is 0 Å². The maximum atomic E-state index is 11.5. The van der Waals surface area contributed by atoms with Crippen molar-refractivity contribution in [2.45, 2.75) is 52.7 Å². The molecule has 0 saturated heterocycles. The molecule has 8 nitrogen and oxygen atoms in total. The lowest BCUT2D eigenvalue weighted by Crippen LogP contribution is -2.39. The first-order chi connectivity index (χ1) is 10.2. The van der Waals surface area contributed by atoms with Crippen molar-refractivity contribution in [1.82, 2.24) is 9.71 Å². The Kier molecular flexibility index (Phi) is 7.45. The normalized spacial score (nSPS) is 11.8.